The summed E-state index contributed by atoms with van der Waals surface area (Å²) in [6, 6.07) is 16.3. The van der Waals surface area contributed by atoms with E-state index in [9.17, 15) is 9.59 Å². The molecular formula is C23H25N5O2S. The Morgan fingerprint density at radius 1 is 1.16 bits per heavy atom. The summed E-state index contributed by atoms with van der Waals surface area (Å²) in [6.45, 7) is 8.06. The topological polar surface area (TPSA) is 88.9 Å². The van der Waals surface area contributed by atoms with Crippen molar-refractivity contribution in [3.8, 4) is 0 Å². The molecule has 0 radical (unpaired) electrons. The molecule has 0 unspecified atom stereocenters. The van der Waals surface area contributed by atoms with Crippen molar-refractivity contribution in [2.45, 2.75) is 31.6 Å². The minimum atomic E-state index is -0.368. The number of nitrogens with one attached hydrogen (secondary N) is 2. The highest BCUT2D eigenvalue weighted by Gasteiger charge is 2.20. The van der Waals surface area contributed by atoms with Gasteiger partial charge in [-0.2, -0.15) is 0 Å². The highest BCUT2D eigenvalue weighted by atomic mass is 32.2. The molecule has 8 heteroatoms. The number of hydrogen-bond donors (Lipinski definition) is 2. The normalized spacial score (nSPS) is 11.5. The first-order valence-corrected chi connectivity index (χ1v) is 10.9. The quantitative estimate of drug-likeness (QED) is 0.392. The first kappa shape index (κ1) is 22.3. The molecular weight excluding hydrogens is 410 g/mol. The lowest BCUT2D eigenvalue weighted by Crippen LogP contribution is -2.28. The van der Waals surface area contributed by atoms with Crippen molar-refractivity contribution >= 4 is 29.3 Å². The van der Waals surface area contributed by atoms with E-state index in [2.05, 4.69) is 27.4 Å². The Morgan fingerprint density at radius 3 is 2.65 bits per heavy atom. The van der Waals surface area contributed by atoms with Gasteiger partial charge in [0, 0.05) is 17.8 Å². The molecule has 160 valence electrons. The summed E-state index contributed by atoms with van der Waals surface area (Å²) in [5.41, 5.74) is 2.35. The first-order chi connectivity index (χ1) is 15.0. The number of thioether (sulfide) groups is 1. The van der Waals surface area contributed by atoms with E-state index in [-0.39, 0.29) is 23.6 Å². The van der Waals surface area contributed by atoms with Crippen LogP contribution in [0.1, 0.15) is 34.7 Å². The Kier molecular flexibility index (Phi) is 7.61. The largest absolute Gasteiger partial charge is 0.342 e. The maximum absolute atomic E-state index is 12.6. The van der Waals surface area contributed by atoms with Gasteiger partial charge in [-0.15, -0.1) is 16.8 Å². The molecule has 0 fully saturated rings. The number of aromatic nitrogens is 3. The van der Waals surface area contributed by atoms with E-state index in [0.29, 0.717) is 23.1 Å². The van der Waals surface area contributed by atoms with Crippen LogP contribution in [0.2, 0.25) is 0 Å². The number of carbonyl (C=O) groups excluding carboxylic acids is 2. The van der Waals surface area contributed by atoms with E-state index in [1.54, 1.807) is 12.1 Å². The lowest BCUT2D eigenvalue weighted by atomic mass is 10.1. The Hall–Kier alpha value is -3.39. The predicted molar refractivity (Wildman–Crippen MR) is 123 cm³/mol. The first-order valence-electron chi connectivity index (χ1n) is 9.87. The van der Waals surface area contributed by atoms with Crippen LogP contribution in [0.4, 0.5) is 5.69 Å². The van der Waals surface area contributed by atoms with Gasteiger partial charge in [0.2, 0.25) is 5.91 Å². The summed E-state index contributed by atoms with van der Waals surface area (Å²) in [5.74, 6) is 0.480. The van der Waals surface area contributed by atoms with Crippen LogP contribution < -0.4 is 10.6 Å². The number of benzene rings is 2. The fraction of sp³-hybridized carbons (Fsp3) is 0.217. The van der Waals surface area contributed by atoms with Gasteiger partial charge in [0.05, 0.1) is 11.8 Å². The number of amides is 2. The van der Waals surface area contributed by atoms with Crippen molar-refractivity contribution in [1.29, 1.82) is 0 Å². The Bertz CT molecular complexity index is 1060. The lowest BCUT2D eigenvalue weighted by molar-refractivity contribution is -0.113. The van der Waals surface area contributed by atoms with E-state index in [1.807, 2.05) is 66.9 Å². The summed E-state index contributed by atoms with van der Waals surface area (Å²) in [7, 11) is 0. The Balaban J connectivity index is 1.67. The molecule has 7 nitrogen and oxygen atoms in total. The summed E-state index contributed by atoms with van der Waals surface area (Å²) in [5, 5.41) is 14.9. The molecule has 2 N–H and O–H groups in total. The molecule has 0 saturated heterocycles. The van der Waals surface area contributed by atoms with Crippen LogP contribution in [-0.2, 0) is 11.3 Å². The molecule has 31 heavy (non-hydrogen) atoms. The second-order valence-corrected chi connectivity index (χ2v) is 7.95. The van der Waals surface area contributed by atoms with Crippen molar-refractivity contribution in [2.75, 3.05) is 11.1 Å². The Morgan fingerprint density at radius 2 is 1.94 bits per heavy atom. The third kappa shape index (κ3) is 6.05. The molecule has 0 bridgehead atoms. The van der Waals surface area contributed by atoms with Gasteiger partial charge in [0.25, 0.3) is 5.91 Å². The zero-order valence-corrected chi connectivity index (χ0v) is 18.4. The molecule has 0 aliphatic heterocycles. The van der Waals surface area contributed by atoms with Crippen LogP contribution in [0, 0.1) is 6.92 Å². The zero-order chi connectivity index (χ0) is 22.2. The van der Waals surface area contributed by atoms with Crippen LogP contribution >= 0.6 is 11.8 Å². The molecule has 0 spiro atoms. The number of aryl methyl sites for hydroxylation is 1. The molecule has 1 aromatic heterocycles. The maximum Gasteiger partial charge on any atom is 0.251 e. The average Bonchev–Trinajstić information content (AvgIpc) is 3.16. The van der Waals surface area contributed by atoms with Gasteiger partial charge in [0.1, 0.15) is 0 Å². The number of para-hydroxylation sites is 1. The average molecular weight is 436 g/mol. The maximum atomic E-state index is 12.6. The van der Waals surface area contributed by atoms with Gasteiger partial charge in [-0.05, 0) is 38.1 Å². The molecule has 0 saturated carbocycles. The summed E-state index contributed by atoms with van der Waals surface area (Å²) < 4.78 is 1.86. The Labute approximate surface area is 186 Å². The third-order valence-electron chi connectivity index (χ3n) is 4.46. The van der Waals surface area contributed by atoms with Crippen LogP contribution in [0.5, 0.6) is 0 Å². The van der Waals surface area contributed by atoms with Crippen LogP contribution in [0.3, 0.4) is 0 Å². The van der Waals surface area contributed by atoms with Crippen molar-refractivity contribution in [1.82, 2.24) is 20.1 Å². The summed E-state index contributed by atoms with van der Waals surface area (Å²) in [6.07, 6.45) is 1.73. The second kappa shape index (κ2) is 10.6. The van der Waals surface area contributed by atoms with E-state index < -0.39 is 0 Å². The summed E-state index contributed by atoms with van der Waals surface area (Å²) >= 11 is 1.29. The van der Waals surface area contributed by atoms with Gasteiger partial charge in [0.15, 0.2) is 11.0 Å². The number of hydrogen-bond acceptors (Lipinski definition) is 5. The molecule has 3 rings (SSSR count). The van der Waals surface area contributed by atoms with Crippen LogP contribution in [0.15, 0.2) is 72.4 Å². The molecule has 1 atom stereocenters. The van der Waals surface area contributed by atoms with Crippen LogP contribution in [0.25, 0.3) is 0 Å². The fourth-order valence-corrected chi connectivity index (χ4v) is 3.76. The second-order valence-electron chi connectivity index (χ2n) is 7.01. The molecule has 0 aliphatic rings. The number of nitrogens with zero attached hydrogens (tertiary/aromatic N) is 3. The predicted octanol–water partition coefficient (Wildman–Crippen LogP) is 3.99. The van der Waals surface area contributed by atoms with E-state index in [1.165, 1.54) is 11.8 Å². The van der Waals surface area contributed by atoms with Gasteiger partial charge >= 0.3 is 0 Å². The number of rotatable bonds is 9. The van der Waals surface area contributed by atoms with Crippen molar-refractivity contribution in [3.05, 3.63) is 84.2 Å². The van der Waals surface area contributed by atoms with Gasteiger partial charge in [-0.3, -0.25) is 9.59 Å². The third-order valence-corrected chi connectivity index (χ3v) is 5.43. The molecule has 0 aliphatic carbocycles. The molecule has 3 aromatic rings. The van der Waals surface area contributed by atoms with Crippen molar-refractivity contribution in [2.24, 2.45) is 0 Å². The fourth-order valence-electron chi connectivity index (χ4n) is 3.01. The van der Waals surface area contributed by atoms with Crippen LogP contribution in [-0.4, -0.2) is 32.3 Å². The SMILES string of the molecule is C=CCn1c(SCC(=O)Nc2ccccc2)nnc1[C@H](C)NC(=O)c1cccc(C)c1. The van der Waals surface area contributed by atoms with E-state index in [4.69, 9.17) is 0 Å². The smallest absolute Gasteiger partial charge is 0.251 e. The highest BCUT2D eigenvalue weighted by molar-refractivity contribution is 7.99. The number of anilines is 1. The zero-order valence-electron chi connectivity index (χ0n) is 17.5. The molecule has 1 heterocycles. The van der Waals surface area contributed by atoms with Gasteiger partial charge in [-0.1, -0.05) is 53.7 Å². The summed E-state index contributed by atoms with van der Waals surface area (Å²) in [4.78, 5) is 24.9. The molecule has 2 amide bonds. The minimum absolute atomic E-state index is 0.133. The lowest BCUT2D eigenvalue weighted by Gasteiger charge is -2.15. The minimum Gasteiger partial charge on any atom is -0.342 e. The highest BCUT2D eigenvalue weighted by Crippen LogP contribution is 2.21. The van der Waals surface area contributed by atoms with Crippen molar-refractivity contribution in [3.63, 3.8) is 0 Å². The van der Waals surface area contributed by atoms with Crippen molar-refractivity contribution < 1.29 is 9.59 Å². The monoisotopic (exact) mass is 435 g/mol. The number of carbonyl (C=O) groups is 2. The van der Waals surface area contributed by atoms with E-state index in [0.717, 1.165) is 11.3 Å². The number of allylic oxidation sites excluding steroid dienone is 1. The van der Waals surface area contributed by atoms with Gasteiger partial charge in [-0.25, -0.2) is 0 Å². The molecule has 2 aromatic carbocycles. The standard InChI is InChI=1S/C23H25N5O2S/c1-4-13-28-21(17(3)24-22(30)18-10-8-9-16(2)14-18)26-27-23(28)31-15-20(29)25-19-11-6-5-7-12-19/h4-12,14,17H,1,13,15H2,2-3H3,(H,24,30)(H,25,29)/t17-/m0/s1. The van der Waals surface area contributed by atoms with E-state index >= 15 is 0 Å². The van der Waals surface area contributed by atoms with Gasteiger partial charge < -0.3 is 15.2 Å².